The quantitative estimate of drug-likeness (QED) is 0.569. The Bertz CT molecular complexity index is 801. The number of halogens is 1. The molecule has 3 aromatic rings. The molecule has 3 aromatic carbocycles. The first-order chi connectivity index (χ1) is 11.2. The van der Waals surface area contributed by atoms with Gasteiger partial charge < -0.3 is 9.47 Å². The summed E-state index contributed by atoms with van der Waals surface area (Å²) in [5, 5.41) is -0.602. The third-order valence-corrected chi connectivity index (χ3v) is 3.33. The topological polar surface area (TPSA) is 35.5 Å². The molecular weight excluding hydrogens is 312 g/mol. The minimum Gasteiger partial charge on any atom is -0.453 e. The van der Waals surface area contributed by atoms with E-state index in [9.17, 15) is 4.79 Å². The van der Waals surface area contributed by atoms with Crippen molar-refractivity contribution in [1.29, 1.82) is 0 Å². The van der Waals surface area contributed by atoms with Crippen LogP contribution in [0.4, 0.5) is 0 Å². The van der Waals surface area contributed by atoms with Crippen molar-refractivity contribution >= 4 is 16.8 Å². The SMILES string of the molecule is O=C(Cl)c1cccc(Oc2ccccc2)c1Oc1ccccc1. The Balaban J connectivity index is 2.01. The standard InChI is InChI=1S/C19H13ClO3/c20-19(21)16-12-7-13-17(22-14-8-3-1-4-9-14)18(16)23-15-10-5-2-6-11-15/h1-13H. The van der Waals surface area contributed by atoms with Crippen LogP contribution in [0, 0.1) is 0 Å². The average Bonchev–Trinajstić information content (AvgIpc) is 2.58. The number of hydrogen-bond donors (Lipinski definition) is 0. The van der Waals surface area contributed by atoms with Crippen molar-refractivity contribution in [2.45, 2.75) is 0 Å². The third kappa shape index (κ3) is 3.71. The number of benzene rings is 3. The predicted octanol–water partition coefficient (Wildman–Crippen LogP) is 5.65. The molecule has 114 valence electrons. The van der Waals surface area contributed by atoms with Gasteiger partial charge in [-0.25, -0.2) is 0 Å². The molecule has 3 nitrogen and oxygen atoms in total. The van der Waals surface area contributed by atoms with Gasteiger partial charge in [-0.15, -0.1) is 0 Å². The molecule has 4 heteroatoms. The number of ether oxygens (including phenoxy) is 2. The summed E-state index contributed by atoms with van der Waals surface area (Å²) >= 11 is 5.68. The lowest BCUT2D eigenvalue weighted by Crippen LogP contribution is -1.98. The largest absolute Gasteiger partial charge is 0.453 e. The van der Waals surface area contributed by atoms with Crippen LogP contribution in [0.15, 0.2) is 78.9 Å². The molecule has 0 radical (unpaired) electrons. The van der Waals surface area contributed by atoms with E-state index in [0.29, 0.717) is 23.0 Å². The van der Waals surface area contributed by atoms with Crippen molar-refractivity contribution < 1.29 is 14.3 Å². The molecule has 0 aliphatic carbocycles. The van der Waals surface area contributed by atoms with E-state index < -0.39 is 5.24 Å². The van der Waals surface area contributed by atoms with Crippen LogP contribution in [0.1, 0.15) is 10.4 Å². The van der Waals surface area contributed by atoms with Gasteiger partial charge in [-0.3, -0.25) is 4.79 Å². The molecule has 0 fully saturated rings. The summed E-state index contributed by atoms with van der Waals surface area (Å²) in [6.07, 6.45) is 0. The summed E-state index contributed by atoms with van der Waals surface area (Å²) < 4.78 is 11.7. The van der Waals surface area contributed by atoms with E-state index in [1.807, 2.05) is 48.5 Å². The third-order valence-electron chi connectivity index (χ3n) is 3.12. The Morgan fingerprint density at radius 2 is 1.26 bits per heavy atom. The molecule has 0 saturated carbocycles. The maximum Gasteiger partial charge on any atom is 0.256 e. The van der Waals surface area contributed by atoms with Gasteiger partial charge in [-0.05, 0) is 48.0 Å². The zero-order chi connectivity index (χ0) is 16.1. The first-order valence-electron chi connectivity index (χ1n) is 7.02. The highest BCUT2D eigenvalue weighted by atomic mass is 35.5. The lowest BCUT2D eigenvalue weighted by atomic mass is 10.2. The van der Waals surface area contributed by atoms with Gasteiger partial charge >= 0.3 is 0 Å². The molecule has 0 N–H and O–H groups in total. The molecule has 0 amide bonds. The number of carbonyl (C=O) groups is 1. The van der Waals surface area contributed by atoms with Gasteiger partial charge in [0.2, 0.25) is 0 Å². The zero-order valence-electron chi connectivity index (χ0n) is 12.1. The molecule has 23 heavy (non-hydrogen) atoms. The molecular formula is C19H13ClO3. The molecule has 3 rings (SSSR count). The molecule has 0 unspecified atom stereocenters. The molecule has 0 aliphatic heterocycles. The van der Waals surface area contributed by atoms with E-state index >= 15 is 0 Å². The van der Waals surface area contributed by atoms with E-state index in [1.165, 1.54) is 0 Å². The van der Waals surface area contributed by atoms with Crippen LogP contribution < -0.4 is 9.47 Å². The zero-order valence-corrected chi connectivity index (χ0v) is 12.9. The van der Waals surface area contributed by atoms with Crippen LogP contribution in [-0.2, 0) is 0 Å². The Labute approximate surface area is 139 Å². The minimum absolute atomic E-state index is 0.254. The van der Waals surface area contributed by atoms with Crippen molar-refractivity contribution in [3.05, 3.63) is 84.4 Å². The molecule has 0 atom stereocenters. The fraction of sp³-hybridized carbons (Fsp3) is 0. The van der Waals surface area contributed by atoms with Crippen LogP contribution in [0.3, 0.4) is 0 Å². The first kappa shape index (κ1) is 15.1. The van der Waals surface area contributed by atoms with E-state index in [1.54, 1.807) is 30.3 Å². The van der Waals surface area contributed by atoms with Gasteiger partial charge in [-0.2, -0.15) is 0 Å². The lowest BCUT2D eigenvalue weighted by molar-refractivity contribution is 0.107. The second kappa shape index (κ2) is 6.99. The Morgan fingerprint density at radius 1 is 0.696 bits per heavy atom. The molecule has 0 heterocycles. The molecule has 0 aliphatic rings. The minimum atomic E-state index is -0.602. The summed E-state index contributed by atoms with van der Waals surface area (Å²) in [5.41, 5.74) is 0.254. The fourth-order valence-electron chi connectivity index (χ4n) is 2.08. The van der Waals surface area contributed by atoms with Crippen molar-refractivity contribution in [1.82, 2.24) is 0 Å². The molecule has 0 bridgehead atoms. The Hall–Kier alpha value is -2.78. The number of rotatable bonds is 5. The van der Waals surface area contributed by atoms with Crippen LogP contribution in [0.2, 0.25) is 0 Å². The van der Waals surface area contributed by atoms with Crippen LogP contribution in [-0.4, -0.2) is 5.24 Å². The summed E-state index contributed by atoms with van der Waals surface area (Å²) in [7, 11) is 0. The number of hydrogen-bond acceptors (Lipinski definition) is 3. The highest BCUT2D eigenvalue weighted by Crippen LogP contribution is 2.38. The molecule has 0 saturated heterocycles. The monoisotopic (exact) mass is 324 g/mol. The second-order valence-corrected chi connectivity index (χ2v) is 5.08. The summed E-state index contributed by atoms with van der Waals surface area (Å²) in [6, 6.07) is 23.5. The fourth-order valence-corrected chi connectivity index (χ4v) is 2.23. The summed E-state index contributed by atoms with van der Waals surface area (Å²) in [5.74, 6) is 1.95. The van der Waals surface area contributed by atoms with Crippen LogP contribution >= 0.6 is 11.6 Å². The van der Waals surface area contributed by atoms with Gasteiger partial charge in [0.25, 0.3) is 5.24 Å². The maximum atomic E-state index is 11.7. The number of carbonyl (C=O) groups excluding carboxylic acids is 1. The summed E-state index contributed by atoms with van der Waals surface area (Å²) in [6.45, 7) is 0. The highest BCUT2D eigenvalue weighted by Gasteiger charge is 2.17. The second-order valence-electron chi connectivity index (χ2n) is 4.74. The van der Waals surface area contributed by atoms with Crippen LogP contribution in [0.5, 0.6) is 23.0 Å². The average molecular weight is 325 g/mol. The van der Waals surface area contributed by atoms with E-state index in [2.05, 4.69) is 0 Å². The van der Waals surface area contributed by atoms with Gasteiger partial charge in [0.1, 0.15) is 11.5 Å². The van der Waals surface area contributed by atoms with E-state index in [4.69, 9.17) is 21.1 Å². The number of para-hydroxylation sites is 3. The van der Waals surface area contributed by atoms with E-state index in [-0.39, 0.29) is 5.56 Å². The summed E-state index contributed by atoms with van der Waals surface area (Å²) in [4.78, 5) is 11.7. The van der Waals surface area contributed by atoms with Gasteiger partial charge in [0, 0.05) is 0 Å². The van der Waals surface area contributed by atoms with Crippen molar-refractivity contribution in [2.75, 3.05) is 0 Å². The molecule has 0 spiro atoms. The lowest BCUT2D eigenvalue weighted by Gasteiger charge is -2.14. The van der Waals surface area contributed by atoms with Gasteiger partial charge in [0.05, 0.1) is 5.56 Å². The highest BCUT2D eigenvalue weighted by molar-refractivity contribution is 6.68. The predicted molar refractivity (Wildman–Crippen MR) is 89.7 cm³/mol. The van der Waals surface area contributed by atoms with Gasteiger partial charge in [-0.1, -0.05) is 42.5 Å². The first-order valence-corrected chi connectivity index (χ1v) is 7.40. The Morgan fingerprint density at radius 3 is 1.83 bits per heavy atom. The Kier molecular flexibility index (Phi) is 4.60. The van der Waals surface area contributed by atoms with Crippen molar-refractivity contribution in [3.8, 4) is 23.0 Å². The maximum absolute atomic E-state index is 11.7. The van der Waals surface area contributed by atoms with Crippen molar-refractivity contribution in [3.63, 3.8) is 0 Å². The smallest absolute Gasteiger partial charge is 0.256 e. The molecule has 0 aromatic heterocycles. The van der Waals surface area contributed by atoms with E-state index in [0.717, 1.165) is 0 Å². The van der Waals surface area contributed by atoms with Gasteiger partial charge in [0.15, 0.2) is 11.5 Å². The normalized spacial score (nSPS) is 10.1. The van der Waals surface area contributed by atoms with Crippen molar-refractivity contribution in [2.24, 2.45) is 0 Å². The van der Waals surface area contributed by atoms with Crippen LogP contribution in [0.25, 0.3) is 0 Å².